The minimum Gasteiger partial charge on any atom is -0.444 e. The lowest BCUT2D eigenvalue weighted by Gasteiger charge is -2.46. The molecule has 1 aliphatic heterocycles. The first kappa shape index (κ1) is 14.6. The second-order valence-electron chi connectivity index (χ2n) is 7.63. The molecule has 4 heteroatoms. The number of carbonyl (C=O) groups is 1. The normalized spacial score (nSPS) is 30.1. The van der Waals surface area contributed by atoms with Crippen molar-refractivity contribution in [1.82, 2.24) is 4.90 Å². The summed E-state index contributed by atoms with van der Waals surface area (Å²) in [7, 11) is 0. The Kier molecular flexibility index (Phi) is 3.58. The zero-order valence-electron chi connectivity index (χ0n) is 12.8. The van der Waals surface area contributed by atoms with Crippen LogP contribution in [-0.2, 0) is 4.74 Å². The Morgan fingerprint density at radius 3 is 2.42 bits per heavy atom. The molecule has 0 aromatic carbocycles. The van der Waals surface area contributed by atoms with Crippen LogP contribution < -0.4 is 5.73 Å². The molecule has 1 unspecified atom stereocenters. The maximum Gasteiger partial charge on any atom is 0.410 e. The van der Waals surface area contributed by atoms with Crippen LogP contribution in [0.3, 0.4) is 0 Å². The van der Waals surface area contributed by atoms with Gasteiger partial charge < -0.3 is 15.4 Å². The number of hydrogen-bond donors (Lipinski definition) is 1. The Hall–Kier alpha value is -0.770. The number of piperidine rings is 1. The molecule has 1 amide bonds. The number of carbonyl (C=O) groups excluding carboxylic acids is 1. The Bertz CT molecular complexity index is 358. The van der Waals surface area contributed by atoms with E-state index in [1.165, 1.54) is 6.42 Å². The van der Waals surface area contributed by atoms with Gasteiger partial charge in [-0.2, -0.15) is 0 Å². The first-order chi connectivity index (χ1) is 8.64. The van der Waals surface area contributed by atoms with Crippen LogP contribution in [0.4, 0.5) is 4.79 Å². The number of likely N-dealkylation sites (tertiary alicyclic amines) is 1. The van der Waals surface area contributed by atoms with E-state index >= 15 is 0 Å². The largest absolute Gasteiger partial charge is 0.444 e. The van der Waals surface area contributed by atoms with E-state index in [4.69, 9.17) is 10.5 Å². The summed E-state index contributed by atoms with van der Waals surface area (Å²) in [5, 5.41) is 0. The number of hydrogen-bond acceptors (Lipinski definition) is 3. The Labute approximate surface area is 116 Å². The van der Waals surface area contributed by atoms with Gasteiger partial charge in [0, 0.05) is 17.6 Å². The Morgan fingerprint density at radius 2 is 1.89 bits per heavy atom. The molecule has 110 valence electrons. The minimum atomic E-state index is -0.435. The average Bonchev–Trinajstić information content (AvgIpc) is 2.92. The zero-order chi connectivity index (χ0) is 14.3. The fourth-order valence-corrected chi connectivity index (χ4v) is 3.09. The van der Waals surface area contributed by atoms with Crippen LogP contribution >= 0.6 is 0 Å². The fourth-order valence-electron chi connectivity index (χ4n) is 3.09. The van der Waals surface area contributed by atoms with Gasteiger partial charge >= 0.3 is 6.09 Å². The highest BCUT2D eigenvalue weighted by atomic mass is 16.6. The van der Waals surface area contributed by atoms with Crippen molar-refractivity contribution in [2.24, 2.45) is 5.73 Å². The summed E-state index contributed by atoms with van der Waals surface area (Å²) < 4.78 is 5.55. The van der Waals surface area contributed by atoms with Crippen LogP contribution in [-0.4, -0.2) is 34.2 Å². The van der Waals surface area contributed by atoms with Crippen molar-refractivity contribution in [2.75, 3.05) is 6.54 Å². The molecule has 1 saturated heterocycles. The highest BCUT2D eigenvalue weighted by Crippen LogP contribution is 2.44. The number of rotatable bonds is 2. The predicted molar refractivity (Wildman–Crippen MR) is 76.0 cm³/mol. The maximum absolute atomic E-state index is 12.4. The van der Waals surface area contributed by atoms with E-state index < -0.39 is 5.60 Å². The van der Waals surface area contributed by atoms with E-state index in [0.29, 0.717) is 0 Å². The van der Waals surface area contributed by atoms with Gasteiger partial charge in [-0.25, -0.2) is 4.79 Å². The second-order valence-corrected chi connectivity index (χ2v) is 7.63. The number of nitrogens with two attached hydrogens (primary N) is 1. The van der Waals surface area contributed by atoms with Crippen LogP contribution in [0, 0.1) is 0 Å². The van der Waals surface area contributed by atoms with Crippen LogP contribution in [0.15, 0.2) is 0 Å². The molecule has 0 aromatic heterocycles. The van der Waals surface area contributed by atoms with Gasteiger partial charge in [0.2, 0.25) is 0 Å². The van der Waals surface area contributed by atoms with Crippen molar-refractivity contribution >= 4 is 6.09 Å². The molecule has 1 atom stereocenters. The number of ether oxygens (including phenoxy) is 1. The lowest BCUT2D eigenvalue weighted by Crippen LogP contribution is -2.56. The van der Waals surface area contributed by atoms with Crippen molar-refractivity contribution in [3.8, 4) is 0 Å². The molecule has 2 aliphatic rings. The van der Waals surface area contributed by atoms with Crippen LogP contribution in [0.1, 0.15) is 66.2 Å². The SMILES string of the molecule is CC(C)(C)OC(=O)N1CCCCC1(C)CC1(N)CC1. The van der Waals surface area contributed by atoms with E-state index in [0.717, 1.165) is 38.6 Å². The van der Waals surface area contributed by atoms with Gasteiger partial charge in [-0.1, -0.05) is 0 Å². The lowest BCUT2D eigenvalue weighted by atomic mass is 9.82. The molecule has 0 bridgehead atoms. The first-order valence-electron chi connectivity index (χ1n) is 7.43. The van der Waals surface area contributed by atoms with E-state index in [1.54, 1.807) is 0 Å². The summed E-state index contributed by atoms with van der Waals surface area (Å²) >= 11 is 0. The van der Waals surface area contributed by atoms with Crippen molar-refractivity contribution < 1.29 is 9.53 Å². The van der Waals surface area contributed by atoms with Crippen LogP contribution in [0.25, 0.3) is 0 Å². The molecule has 0 radical (unpaired) electrons. The molecule has 19 heavy (non-hydrogen) atoms. The lowest BCUT2D eigenvalue weighted by molar-refractivity contribution is -0.0154. The minimum absolute atomic E-state index is 0.0354. The summed E-state index contributed by atoms with van der Waals surface area (Å²) in [4.78, 5) is 14.3. The summed E-state index contributed by atoms with van der Waals surface area (Å²) in [5.74, 6) is 0. The van der Waals surface area contributed by atoms with Gasteiger partial charge in [-0.3, -0.25) is 0 Å². The van der Waals surface area contributed by atoms with Crippen LogP contribution in [0.2, 0.25) is 0 Å². The smallest absolute Gasteiger partial charge is 0.410 e. The molecule has 2 N–H and O–H groups in total. The molecular weight excluding hydrogens is 240 g/mol. The second kappa shape index (κ2) is 4.65. The van der Waals surface area contributed by atoms with E-state index in [2.05, 4.69) is 6.92 Å². The molecule has 2 fully saturated rings. The van der Waals surface area contributed by atoms with Gasteiger partial charge in [-0.15, -0.1) is 0 Å². The van der Waals surface area contributed by atoms with E-state index in [1.807, 2.05) is 25.7 Å². The van der Waals surface area contributed by atoms with E-state index in [-0.39, 0.29) is 17.2 Å². The molecular formula is C15H28N2O2. The fraction of sp³-hybridized carbons (Fsp3) is 0.933. The first-order valence-corrected chi connectivity index (χ1v) is 7.43. The molecule has 2 rings (SSSR count). The van der Waals surface area contributed by atoms with Gasteiger partial charge in [0.25, 0.3) is 0 Å². The Morgan fingerprint density at radius 1 is 1.26 bits per heavy atom. The topological polar surface area (TPSA) is 55.6 Å². The highest BCUT2D eigenvalue weighted by Gasteiger charge is 2.49. The summed E-state index contributed by atoms with van der Waals surface area (Å²) in [5.41, 5.74) is 5.67. The Balaban J connectivity index is 2.08. The monoisotopic (exact) mass is 268 g/mol. The van der Waals surface area contributed by atoms with Gasteiger partial charge in [-0.05, 0) is 66.2 Å². The standard InChI is InChI=1S/C15H28N2O2/c1-13(2,3)19-12(18)17-10-6-5-7-14(17,4)11-15(16)8-9-15/h5-11,16H2,1-4H3. The van der Waals surface area contributed by atoms with Crippen molar-refractivity contribution in [2.45, 2.75) is 82.9 Å². The van der Waals surface area contributed by atoms with Gasteiger partial charge in [0.1, 0.15) is 5.60 Å². The molecule has 4 nitrogen and oxygen atoms in total. The number of amides is 1. The quantitative estimate of drug-likeness (QED) is 0.837. The molecule has 0 aromatic rings. The highest BCUT2D eigenvalue weighted by molar-refractivity contribution is 5.69. The van der Waals surface area contributed by atoms with Crippen molar-refractivity contribution in [3.63, 3.8) is 0 Å². The van der Waals surface area contributed by atoms with Gasteiger partial charge in [0.15, 0.2) is 0 Å². The third kappa shape index (κ3) is 3.62. The average molecular weight is 268 g/mol. The van der Waals surface area contributed by atoms with E-state index in [9.17, 15) is 4.79 Å². The van der Waals surface area contributed by atoms with Crippen LogP contribution in [0.5, 0.6) is 0 Å². The van der Waals surface area contributed by atoms with Gasteiger partial charge in [0.05, 0.1) is 0 Å². The summed E-state index contributed by atoms with van der Waals surface area (Å²) in [6.45, 7) is 8.71. The molecule has 1 saturated carbocycles. The predicted octanol–water partition coefficient (Wildman–Crippen LogP) is 3.05. The maximum atomic E-state index is 12.4. The molecule has 0 spiro atoms. The zero-order valence-corrected chi connectivity index (χ0v) is 12.8. The van der Waals surface area contributed by atoms with Crippen molar-refractivity contribution in [1.29, 1.82) is 0 Å². The third-order valence-electron chi connectivity index (χ3n) is 4.24. The summed E-state index contributed by atoms with van der Waals surface area (Å²) in [6.07, 6.45) is 6.16. The summed E-state index contributed by atoms with van der Waals surface area (Å²) in [6, 6.07) is 0. The van der Waals surface area contributed by atoms with Crippen molar-refractivity contribution in [3.05, 3.63) is 0 Å². The molecule has 1 heterocycles. The third-order valence-corrected chi connectivity index (χ3v) is 4.24. The molecule has 1 aliphatic carbocycles. The number of nitrogens with zero attached hydrogens (tertiary/aromatic N) is 1.